The van der Waals surface area contributed by atoms with Crippen LogP contribution in [0.2, 0.25) is 0 Å². The van der Waals surface area contributed by atoms with Gasteiger partial charge >= 0.3 is 0 Å². The number of ether oxygens (including phenoxy) is 2. The molecule has 0 aliphatic carbocycles. The predicted molar refractivity (Wildman–Crippen MR) is 78.6 cm³/mol. The molecular weight excluding hydrogens is 294 g/mol. The van der Waals surface area contributed by atoms with E-state index in [2.05, 4.69) is 28.9 Å². The molecule has 0 aliphatic heterocycles. The number of halogens is 1. The maximum absolute atomic E-state index is 5.54. The Kier molecular flexibility index (Phi) is 6.50. The first-order valence-corrected chi connectivity index (χ1v) is 7.11. The molecule has 102 valence electrons. The molecule has 1 rings (SSSR count). The van der Waals surface area contributed by atoms with Crippen LogP contribution in [0.25, 0.3) is 0 Å². The van der Waals surface area contributed by atoms with Crippen molar-refractivity contribution in [3.8, 4) is 11.5 Å². The molecular formula is C14H22BrNO2. The number of nitrogens with two attached hydrogens (primary N) is 1. The lowest BCUT2D eigenvalue weighted by molar-refractivity contribution is 0.352. The zero-order valence-electron chi connectivity index (χ0n) is 11.4. The van der Waals surface area contributed by atoms with E-state index in [0.29, 0.717) is 0 Å². The van der Waals surface area contributed by atoms with Crippen LogP contribution in [0.4, 0.5) is 0 Å². The molecule has 3 nitrogen and oxygen atoms in total. The van der Waals surface area contributed by atoms with E-state index in [1.807, 2.05) is 0 Å². The van der Waals surface area contributed by atoms with Crippen molar-refractivity contribution in [3.63, 3.8) is 0 Å². The first-order valence-electron chi connectivity index (χ1n) is 6.31. The predicted octanol–water partition coefficient (Wildman–Crippen LogP) is 3.31. The van der Waals surface area contributed by atoms with Gasteiger partial charge in [-0.05, 0) is 65.4 Å². The number of hydrogen-bond acceptors (Lipinski definition) is 3. The van der Waals surface area contributed by atoms with Crippen LogP contribution in [0.5, 0.6) is 11.5 Å². The van der Waals surface area contributed by atoms with Crippen molar-refractivity contribution in [2.24, 2.45) is 5.73 Å². The topological polar surface area (TPSA) is 44.5 Å². The first kappa shape index (κ1) is 15.3. The van der Waals surface area contributed by atoms with Crippen molar-refractivity contribution >= 4 is 15.9 Å². The van der Waals surface area contributed by atoms with Crippen molar-refractivity contribution in [1.29, 1.82) is 0 Å². The van der Waals surface area contributed by atoms with Crippen LogP contribution in [-0.4, -0.2) is 20.8 Å². The van der Waals surface area contributed by atoms with E-state index >= 15 is 0 Å². The maximum Gasteiger partial charge on any atom is 0.175 e. The molecule has 4 heteroatoms. The zero-order chi connectivity index (χ0) is 13.5. The van der Waals surface area contributed by atoms with Gasteiger partial charge in [0.1, 0.15) is 0 Å². The summed E-state index contributed by atoms with van der Waals surface area (Å²) >= 11 is 3.62. The van der Waals surface area contributed by atoms with Gasteiger partial charge in [0.15, 0.2) is 11.5 Å². The number of benzene rings is 1. The Morgan fingerprint density at radius 1 is 1.22 bits per heavy atom. The van der Waals surface area contributed by atoms with E-state index in [0.717, 1.165) is 48.2 Å². The highest BCUT2D eigenvalue weighted by atomic mass is 79.9. The Balaban J connectivity index is 3.11. The van der Waals surface area contributed by atoms with Gasteiger partial charge in [-0.25, -0.2) is 0 Å². The lowest BCUT2D eigenvalue weighted by Gasteiger charge is -2.17. The van der Waals surface area contributed by atoms with Crippen molar-refractivity contribution in [2.45, 2.75) is 32.6 Å². The number of methoxy groups -OCH3 is 2. The highest BCUT2D eigenvalue weighted by molar-refractivity contribution is 9.10. The molecule has 0 aliphatic rings. The minimum atomic E-state index is 0.746. The summed E-state index contributed by atoms with van der Waals surface area (Å²) in [7, 11) is 3.33. The fraction of sp³-hybridized carbons (Fsp3) is 0.571. The SMILES string of the molecule is CCc1c(CCCCN)cc(OC)c(OC)c1Br. The van der Waals surface area contributed by atoms with E-state index in [9.17, 15) is 0 Å². The summed E-state index contributed by atoms with van der Waals surface area (Å²) < 4.78 is 11.8. The molecule has 0 spiro atoms. The van der Waals surface area contributed by atoms with Gasteiger partial charge in [-0.3, -0.25) is 0 Å². The number of rotatable bonds is 7. The smallest absolute Gasteiger partial charge is 0.175 e. The summed E-state index contributed by atoms with van der Waals surface area (Å²) in [6.07, 6.45) is 4.15. The first-order chi connectivity index (χ1) is 8.69. The molecule has 2 N–H and O–H groups in total. The normalized spacial score (nSPS) is 10.5. The Morgan fingerprint density at radius 2 is 1.94 bits per heavy atom. The number of aryl methyl sites for hydroxylation is 1. The second-order valence-corrected chi connectivity index (χ2v) is 4.96. The van der Waals surface area contributed by atoms with Gasteiger partial charge in [-0.1, -0.05) is 6.92 Å². The molecule has 0 unspecified atom stereocenters. The third-order valence-electron chi connectivity index (χ3n) is 3.06. The minimum Gasteiger partial charge on any atom is -0.493 e. The van der Waals surface area contributed by atoms with Crippen LogP contribution in [-0.2, 0) is 12.8 Å². The lowest BCUT2D eigenvalue weighted by Crippen LogP contribution is -2.03. The Labute approximate surface area is 118 Å². The molecule has 1 aromatic carbocycles. The van der Waals surface area contributed by atoms with Gasteiger partial charge in [-0.2, -0.15) is 0 Å². The van der Waals surface area contributed by atoms with E-state index in [1.54, 1.807) is 14.2 Å². The summed E-state index contributed by atoms with van der Waals surface area (Å²) in [6.45, 7) is 2.90. The third-order valence-corrected chi connectivity index (χ3v) is 3.90. The van der Waals surface area contributed by atoms with Crippen LogP contribution in [0.3, 0.4) is 0 Å². The molecule has 0 bridgehead atoms. The molecule has 18 heavy (non-hydrogen) atoms. The standard InChI is InChI=1S/C14H22BrNO2/c1-4-11-10(7-5-6-8-16)9-12(17-2)14(18-3)13(11)15/h9H,4-8,16H2,1-3H3. The van der Waals surface area contributed by atoms with Crippen LogP contribution in [0, 0.1) is 0 Å². The largest absolute Gasteiger partial charge is 0.493 e. The van der Waals surface area contributed by atoms with Crippen molar-refractivity contribution in [1.82, 2.24) is 0 Å². The second kappa shape index (κ2) is 7.64. The van der Waals surface area contributed by atoms with Crippen LogP contribution >= 0.6 is 15.9 Å². The zero-order valence-corrected chi connectivity index (χ0v) is 13.0. The highest BCUT2D eigenvalue weighted by Crippen LogP contribution is 2.40. The quantitative estimate of drug-likeness (QED) is 0.785. The lowest BCUT2D eigenvalue weighted by atomic mass is 9.99. The number of hydrogen-bond donors (Lipinski definition) is 1. The molecule has 0 atom stereocenters. The van der Waals surface area contributed by atoms with Gasteiger partial charge in [0, 0.05) is 0 Å². The van der Waals surface area contributed by atoms with Crippen molar-refractivity contribution < 1.29 is 9.47 Å². The Morgan fingerprint density at radius 3 is 2.44 bits per heavy atom. The van der Waals surface area contributed by atoms with Crippen molar-refractivity contribution in [3.05, 3.63) is 21.7 Å². The second-order valence-electron chi connectivity index (χ2n) is 4.16. The highest BCUT2D eigenvalue weighted by Gasteiger charge is 2.16. The van der Waals surface area contributed by atoms with Gasteiger partial charge in [-0.15, -0.1) is 0 Å². The summed E-state index contributed by atoms with van der Waals surface area (Å²) in [4.78, 5) is 0. The van der Waals surface area contributed by atoms with Crippen LogP contribution < -0.4 is 15.2 Å². The Bertz CT molecular complexity index is 394. The van der Waals surface area contributed by atoms with Gasteiger partial charge < -0.3 is 15.2 Å². The average molecular weight is 316 g/mol. The van der Waals surface area contributed by atoms with Crippen LogP contribution in [0.1, 0.15) is 30.9 Å². The average Bonchev–Trinajstić information content (AvgIpc) is 2.38. The third kappa shape index (κ3) is 3.39. The van der Waals surface area contributed by atoms with E-state index < -0.39 is 0 Å². The van der Waals surface area contributed by atoms with Gasteiger partial charge in [0.05, 0.1) is 18.7 Å². The fourth-order valence-corrected chi connectivity index (χ4v) is 3.00. The summed E-state index contributed by atoms with van der Waals surface area (Å²) in [5.74, 6) is 1.56. The summed E-state index contributed by atoms with van der Waals surface area (Å²) in [5.41, 5.74) is 8.15. The van der Waals surface area contributed by atoms with Crippen LogP contribution in [0.15, 0.2) is 10.5 Å². The minimum absolute atomic E-state index is 0.746. The van der Waals surface area contributed by atoms with E-state index in [4.69, 9.17) is 15.2 Å². The molecule has 0 saturated carbocycles. The number of unbranched alkanes of at least 4 members (excludes halogenated alkanes) is 1. The van der Waals surface area contributed by atoms with E-state index in [-0.39, 0.29) is 0 Å². The summed E-state index contributed by atoms with van der Waals surface area (Å²) in [6, 6.07) is 2.08. The van der Waals surface area contributed by atoms with Gasteiger partial charge in [0.2, 0.25) is 0 Å². The molecule has 0 saturated heterocycles. The Hall–Kier alpha value is -0.740. The monoisotopic (exact) mass is 315 g/mol. The summed E-state index contributed by atoms with van der Waals surface area (Å²) in [5, 5.41) is 0. The van der Waals surface area contributed by atoms with Gasteiger partial charge in [0.25, 0.3) is 0 Å². The molecule has 0 aromatic heterocycles. The van der Waals surface area contributed by atoms with Crippen molar-refractivity contribution in [2.75, 3.05) is 20.8 Å². The molecule has 0 heterocycles. The molecule has 0 fully saturated rings. The molecule has 0 amide bonds. The molecule has 1 aromatic rings. The van der Waals surface area contributed by atoms with E-state index in [1.165, 1.54) is 11.1 Å². The maximum atomic E-state index is 5.54. The fourth-order valence-electron chi connectivity index (χ4n) is 2.10. The molecule has 0 radical (unpaired) electrons.